The van der Waals surface area contributed by atoms with Crippen LogP contribution in [0.15, 0.2) is 87.9 Å². The number of carbonyl (C=O) groups excluding carboxylic acids is 2. The zero-order valence-corrected chi connectivity index (χ0v) is 21.8. The smallest absolute Gasteiger partial charge is 0.254 e. The minimum atomic E-state index is -0.526. The molecule has 1 aromatic heterocycles. The molecule has 0 aliphatic carbocycles. The molecule has 0 radical (unpaired) electrons. The highest BCUT2D eigenvalue weighted by Crippen LogP contribution is 2.42. The van der Waals surface area contributed by atoms with E-state index in [4.69, 9.17) is 0 Å². The van der Waals surface area contributed by atoms with Crippen molar-refractivity contribution in [3.8, 4) is 6.07 Å². The molecule has 182 valence electrons. The molecule has 6 nitrogen and oxygen atoms in total. The summed E-state index contributed by atoms with van der Waals surface area (Å²) in [5.41, 5.74) is 4.98. The molecule has 2 heterocycles. The lowest BCUT2D eigenvalue weighted by atomic mass is 9.86. The first-order valence-corrected chi connectivity index (χ1v) is 13.3. The SMILES string of the molecule is CC1=C(C(=O)Nc2ccccc2C)C(c2cccs2)C(C#N)=C(SCC(=O)Nc2ccccc2C)N1. The molecule has 3 N–H and O–H groups in total. The number of hydrogen-bond donors (Lipinski definition) is 3. The van der Waals surface area contributed by atoms with Gasteiger partial charge < -0.3 is 16.0 Å². The van der Waals surface area contributed by atoms with E-state index in [1.807, 2.05) is 86.8 Å². The fourth-order valence-electron chi connectivity index (χ4n) is 4.01. The normalized spacial score (nSPS) is 15.2. The molecule has 3 aromatic rings. The molecule has 1 atom stereocenters. The van der Waals surface area contributed by atoms with Gasteiger partial charge in [-0.25, -0.2) is 0 Å². The predicted molar refractivity (Wildman–Crippen MR) is 148 cm³/mol. The summed E-state index contributed by atoms with van der Waals surface area (Å²) in [6.45, 7) is 5.70. The van der Waals surface area contributed by atoms with E-state index >= 15 is 0 Å². The van der Waals surface area contributed by atoms with Crippen LogP contribution in [0.25, 0.3) is 0 Å². The fraction of sp³-hybridized carbons (Fsp3) is 0.179. The highest BCUT2D eigenvalue weighted by Gasteiger charge is 2.35. The molecule has 4 rings (SSSR count). The average molecular weight is 515 g/mol. The summed E-state index contributed by atoms with van der Waals surface area (Å²) in [4.78, 5) is 27.1. The molecule has 2 aromatic carbocycles. The summed E-state index contributed by atoms with van der Waals surface area (Å²) in [5.74, 6) is -0.834. The van der Waals surface area contributed by atoms with E-state index in [2.05, 4.69) is 22.0 Å². The molecule has 2 amide bonds. The monoisotopic (exact) mass is 514 g/mol. The fourth-order valence-corrected chi connectivity index (χ4v) is 5.74. The van der Waals surface area contributed by atoms with Gasteiger partial charge in [-0.05, 0) is 55.5 Å². The number of anilines is 2. The summed E-state index contributed by atoms with van der Waals surface area (Å²) in [6.07, 6.45) is 0. The quantitative estimate of drug-likeness (QED) is 0.356. The van der Waals surface area contributed by atoms with Gasteiger partial charge in [0.05, 0.1) is 28.3 Å². The van der Waals surface area contributed by atoms with Crippen molar-refractivity contribution in [2.24, 2.45) is 0 Å². The lowest BCUT2D eigenvalue weighted by molar-refractivity contribution is -0.114. The first-order chi connectivity index (χ1) is 17.4. The molecule has 1 unspecified atom stereocenters. The summed E-state index contributed by atoms with van der Waals surface area (Å²) < 4.78 is 0. The van der Waals surface area contributed by atoms with Crippen molar-refractivity contribution in [1.82, 2.24) is 5.32 Å². The van der Waals surface area contributed by atoms with Crippen molar-refractivity contribution in [3.05, 3.63) is 104 Å². The van der Waals surface area contributed by atoms with Crippen molar-refractivity contribution in [1.29, 1.82) is 5.26 Å². The van der Waals surface area contributed by atoms with Gasteiger partial charge in [0.15, 0.2) is 0 Å². The van der Waals surface area contributed by atoms with Gasteiger partial charge >= 0.3 is 0 Å². The number of carbonyl (C=O) groups is 2. The molecular formula is C28H26N4O2S2. The number of aryl methyl sites for hydroxylation is 2. The third-order valence-electron chi connectivity index (χ3n) is 5.88. The van der Waals surface area contributed by atoms with E-state index in [9.17, 15) is 14.9 Å². The Bertz CT molecular complexity index is 1400. The second kappa shape index (κ2) is 11.3. The van der Waals surface area contributed by atoms with Crippen LogP contribution in [0.4, 0.5) is 11.4 Å². The molecule has 0 saturated heterocycles. The van der Waals surface area contributed by atoms with E-state index in [0.717, 1.165) is 27.4 Å². The summed E-state index contributed by atoms with van der Waals surface area (Å²) >= 11 is 2.76. The lowest BCUT2D eigenvalue weighted by Crippen LogP contribution is -2.31. The van der Waals surface area contributed by atoms with Gasteiger partial charge in [0.2, 0.25) is 5.91 Å². The second-order valence-electron chi connectivity index (χ2n) is 8.39. The minimum absolute atomic E-state index is 0.122. The van der Waals surface area contributed by atoms with Crippen molar-refractivity contribution >= 4 is 46.3 Å². The van der Waals surface area contributed by atoms with Crippen LogP contribution in [0.3, 0.4) is 0 Å². The zero-order chi connectivity index (χ0) is 25.7. The number of rotatable bonds is 7. The van der Waals surface area contributed by atoms with E-state index in [0.29, 0.717) is 21.9 Å². The van der Waals surface area contributed by atoms with Crippen molar-refractivity contribution < 1.29 is 9.59 Å². The van der Waals surface area contributed by atoms with Gasteiger partial charge in [0, 0.05) is 27.5 Å². The average Bonchev–Trinajstić information content (AvgIpc) is 3.39. The minimum Gasteiger partial charge on any atom is -0.353 e. The summed E-state index contributed by atoms with van der Waals surface area (Å²) in [7, 11) is 0. The van der Waals surface area contributed by atoms with E-state index in [1.165, 1.54) is 23.1 Å². The van der Waals surface area contributed by atoms with Crippen LogP contribution in [0, 0.1) is 25.2 Å². The first kappa shape index (κ1) is 25.3. The third-order valence-corrected chi connectivity index (χ3v) is 7.83. The van der Waals surface area contributed by atoms with Gasteiger partial charge in [0.1, 0.15) is 0 Å². The Kier molecular flexibility index (Phi) is 7.93. The Morgan fingerprint density at radius 3 is 2.19 bits per heavy atom. The topological polar surface area (TPSA) is 94.0 Å². The number of para-hydroxylation sites is 2. The maximum atomic E-state index is 13.5. The molecule has 0 saturated carbocycles. The van der Waals surface area contributed by atoms with Gasteiger partial charge in [-0.15, -0.1) is 11.3 Å². The number of hydrogen-bond acceptors (Lipinski definition) is 6. The molecular weight excluding hydrogens is 488 g/mol. The van der Waals surface area contributed by atoms with Crippen molar-refractivity contribution in [2.45, 2.75) is 26.7 Å². The molecule has 8 heteroatoms. The Morgan fingerprint density at radius 2 is 1.61 bits per heavy atom. The number of nitriles is 1. The highest BCUT2D eigenvalue weighted by molar-refractivity contribution is 8.03. The maximum Gasteiger partial charge on any atom is 0.254 e. The number of thiophene rings is 1. The molecule has 0 fully saturated rings. The van der Waals surface area contributed by atoms with Crippen LogP contribution >= 0.6 is 23.1 Å². The second-order valence-corrected chi connectivity index (χ2v) is 10.4. The largest absolute Gasteiger partial charge is 0.353 e. The van der Waals surface area contributed by atoms with Crippen molar-refractivity contribution in [2.75, 3.05) is 16.4 Å². The van der Waals surface area contributed by atoms with Gasteiger partial charge in [0.25, 0.3) is 5.91 Å². The number of nitrogens with zero attached hydrogens (tertiary/aromatic N) is 1. The van der Waals surface area contributed by atoms with Gasteiger partial charge in [-0.3, -0.25) is 9.59 Å². The number of benzene rings is 2. The van der Waals surface area contributed by atoms with Gasteiger partial charge in [-0.2, -0.15) is 5.26 Å². The van der Waals surface area contributed by atoms with Crippen LogP contribution in [0.1, 0.15) is 28.8 Å². The number of thioether (sulfide) groups is 1. The Balaban J connectivity index is 1.60. The van der Waals surface area contributed by atoms with E-state index in [1.54, 1.807) is 0 Å². The first-order valence-electron chi connectivity index (χ1n) is 11.4. The number of amides is 2. The lowest BCUT2D eigenvalue weighted by Gasteiger charge is -2.29. The van der Waals surface area contributed by atoms with Gasteiger partial charge in [-0.1, -0.05) is 54.2 Å². The number of dihydropyridines is 1. The third kappa shape index (κ3) is 5.54. The van der Waals surface area contributed by atoms with Crippen LogP contribution < -0.4 is 16.0 Å². The van der Waals surface area contributed by atoms with Crippen LogP contribution in [0.2, 0.25) is 0 Å². The zero-order valence-electron chi connectivity index (χ0n) is 20.2. The molecule has 1 aliphatic heterocycles. The predicted octanol–water partition coefficient (Wildman–Crippen LogP) is 6.07. The Morgan fingerprint density at radius 1 is 0.972 bits per heavy atom. The summed E-state index contributed by atoms with van der Waals surface area (Å²) in [6, 6.07) is 21.3. The Labute approximate surface area is 219 Å². The van der Waals surface area contributed by atoms with Crippen LogP contribution in [-0.2, 0) is 9.59 Å². The standard InChI is InChI=1S/C28H26N4O2S2/c1-17-9-4-6-11-21(17)31-24(33)16-36-28-20(15-29)26(23-13-8-14-35-23)25(19(3)30-28)27(34)32-22-12-7-5-10-18(22)2/h4-14,26,30H,16H2,1-3H3,(H,31,33)(H,32,34). The Hall–Kier alpha value is -3.80. The molecule has 36 heavy (non-hydrogen) atoms. The van der Waals surface area contributed by atoms with E-state index < -0.39 is 5.92 Å². The van der Waals surface area contributed by atoms with Crippen molar-refractivity contribution in [3.63, 3.8) is 0 Å². The molecule has 0 spiro atoms. The highest BCUT2D eigenvalue weighted by atomic mass is 32.2. The van der Waals surface area contributed by atoms with Crippen LogP contribution in [-0.4, -0.2) is 17.6 Å². The van der Waals surface area contributed by atoms with Crippen LogP contribution in [0.5, 0.6) is 0 Å². The maximum absolute atomic E-state index is 13.5. The number of allylic oxidation sites excluding steroid dienone is 2. The summed E-state index contributed by atoms with van der Waals surface area (Å²) in [5, 5.41) is 21.9. The molecule has 0 bridgehead atoms. The van der Waals surface area contributed by atoms with E-state index in [-0.39, 0.29) is 17.6 Å². The number of nitrogens with one attached hydrogen (secondary N) is 3. The molecule has 1 aliphatic rings.